The van der Waals surface area contributed by atoms with Crippen molar-refractivity contribution in [3.63, 3.8) is 0 Å². The molecule has 4 nitrogen and oxygen atoms in total. The minimum Gasteiger partial charge on any atom is -0.490 e. The first-order chi connectivity index (χ1) is 8.30. The largest absolute Gasteiger partial charge is 0.490 e. The quantitative estimate of drug-likeness (QED) is 0.666. The van der Waals surface area contributed by atoms with E-state index in [9.17, 15) is 0 Å². The normalized spacial score (nSPS) is 24.5. The van der Waals surface area contributed by atoms with Gasteiger partial charge in [0.25, 0.3) is 0 Å². The van der Waals surface area contributed by atoms with Crippen LogP contribution in [-0.4, -0.2) is 22.7 Å². The summed E-state index contributed by atoms with van der Waals surface area (Å²) in [7, 11) is -1.09. The van der Waals surface area contributed by atoms with Crippen LogP contribution in [0.3, 0.4) is 0 Å². The molecule has 0 unspecified atom stereocenters. The molecular formula is C12H16O4S. The van der Waals surface area contributed by atoms with E-state index in [1.807, 2.05) is 24.3 Å². The van der Waals surface area contributed by atoms with Crippen LogP contribution >= 0.6 is 10.6 Å². The van der Waals surface area contributed by atoms with Crippen LogP contribution in [0.5, 0.6) is 5.75 Å². The Hall–Kier alpha value is -0.750. The molecule has 0 amide bonds. The first-order valence-electron chi connectivity index (χ1n) is 5.82. The third kappa shape index (κ3) is 2.57. The van der Waals surface area contributed by atoms with Crippen molar-refractivity contribution < 1.29 is 18.5 Å². The Morgan fingerprint density at radius 1 is 1.29 bits per heavy atom. The number of hydrogen-bond acceptors (Lipinski definition) is 4. The zero-order valence-corrected chi connectivity index (χ0v) is 10.3. The molecule has 2 aliphatic rings. The first-order valence-corrected chi connectivity index (χ1v) is 7.65. The van der Waals surface area contributed by atoms with Crippen molar-refractivity contribution in [2.45, 2.75) is 25.6 Å². The standard InChI is InChI=1S/C12H16O4S/c13-9-10-2-1-3-12(8-10)14-11-4-6-17(7-5-11)15-16-17/h1-3,8,11,13H,4-7,9H2. The van der Waals surface area contributed by atoms with Crippen molar-refractivity contribution in [3.05, 3.63) is 29.8 Å². The maximum atomic E-state index is 9.06. The average molecular weight is 256 g/mol. The minimum absolute atomic E-state index is 0.0524. The van der Waals surface area contributed by atoms with Crippen molar-refractivity contribution in [2.24, 2.45) is 0 Å². The summed E-state index contributed by atoms with van der Waals surface area (Å²) >= 11 is 0. The highest BCUT2D eigenvalue weighted by molar-refractivity contribution is 8.29. The summed E-state index contributed by atoms with van der Waals surface area (Å²) in [5, 5.41) is 9.06. The van der Waals surface area contributed by atoms with Gasteiger partial charge in [0.2, 0.25) is 0 Å². The molecule has 17 heavy (non-hydrogen) atoms. The summed E-state index contributed by atoms with van der Waals surface area (Å²) in [4.78, 5) is 0. The Kier molecular flexibility index (Phi) is 3.00. The summed E-state index contributed by atoms with van der Waals surface area (Å²) in [6, 6.07) is 7.62. The Bertz CT molecular complexity index is 395. The fraction of sp³-hybridized carbons (Fsp3) is 0.500. The van der Waals surface area contributed by atoms with Crippen LogP contribution in [0.15, 0.2) is 24.3 Å². The summed E-state index contributed by atoms with van der Waals surface area (Å²) in [6.07, 6.45) is 2.21. The average Bonchev–Trinajstić information content (AvgIpc) is 3.13. The molecule has 2 saturated heterocycles. The van der Waals surface area contributed by atoms with E-state index in [1.54, 1.807) is 0 Å². The SMILES string of the molecule is OCc1cccc(OC2CCS3(CC2)OO3)c1. The first kappa shape index (κ1) is 11.3. The number of aliphatic hydroxyl groups excluding tert-OH is 1. The summed E-state index contributed by atoms with van der Waals surface area (Å²) in [5.74, 6) is 2.81. The van der Waals surface area contributed by atoms with Gasteiger partial charge in [0.05, 0.1) is 6.61 Å². The van der Waals surface area contributed by atoms with E-state index in [4.69, 9.17) is 18.5 Å². The fourth-order valence-electron chi connectivity index (χ4n) is 2.07. The second-order valence-corrected chi connectivity index (χ2v) is 6.99. The third-order valence-electron chi connectivity index (χ3n) is 3.15. The van der Waals surface area contributed by atoms with E-state index in [1.165, 1.54) is 0 Å². The molecule has 2 heterocycles. The van der Waals surface area contributed by atoms with Gasteiger partial charge in [0.1, 0.15) is 11.9 Å². The van der Waals surface area contributed by atoms with Crippen LogP contribution in [0.25, 0.3) is 0 Å². The van der Waals surface area contributed by atoms with Crippen LogP contribution in [0.4, 0.5) is 0 Å². The van der Waals surface area contributed by atoms with Gasteiger partial charge in [0.15, 0.2) is 0 Å². The van der Waals surface area contributed by atoms with E-state index >= 15 is 0 Å². The second-order valence-electron chi connectivity index (χ2n) is 4.41. The predicted octanol–water partition coefficient (Wildman–Crippen LogP) is 2.32. The molecule has 94 valence electrons. The summed E-state index contributed by atoms with van der Waals surface area (Å²) in [6.45, 7) is 0.0524. The molecule has 0 bridgehead atoms. The maximum absolute atomic E-state index is 9.06. The van der Waals surface area contributed by atoms with E-state index in [0.29, 0.717) is 0 Å². The smallest absolute Gasteiger partial charge is 0.120 e. The van der Waals surface area contributed by atoms with Gasteiger partial charge in [-0.3, -0.25) is 0 Å². The lowest BCUT2D eigenvalue weighted by Crippen LogP contribution is -2.25. The Labute approximate surface area is 102 Å². The van der Waals surface area contributed by atoms with Crippen molar-refractivity contribution in [1.29, 1.82) is 0 Å². The van der Waals surface area contributed by atoms with Crippen LogP contribution < -0.4 is 4.74 Å². The fourth-order valence-corrected chi connectivity index (χ4v) is 4.11. The number of aliphatic hydroxyl groups is 1. The van der Waals surface area contributed by atoms with Gasteiger partial charge in [-0.2, -0.15) is 0 Å². The Balaban J connectivity index is 1.59. The highest BCUT2D eigenvalue weighted by Crippen LogP contribution is 2.67. The lowest BCUT2D eigenvalue weighted by atomic mass is 10.2. The predicted molar refractivity (Wildman–Crippen MR) is 65.5 cm³/mol. The van der Waals surface area contributed by atoms with Gasteiger partial charge in [-0.1, -0.05) is 12.1 Å². The minimum atomic E-state index is -1.09. The van der Waals surface area contributed by atoms with Gasteiger partial charge in [-0.15, -0.1) is 19.3 Å². The Morgan fingerprint density at radius 2 is 2.06 bits per heavy atom. The zero-order valence-electron chi connectivity index (χ0n) is 9.50. The molecule has 1 aromatic rings. The van der Waals surface area contributed by atoms with Crippen molar-refractivity contribution in [3.8, 4) is 5.75 Å². The van der Waals surface area contributed by atoms with Crippen LogP contribution in [-0.2, 0) is 15.3 Å². The van der Waals surface area contributed by atoms with E-state index in [2.05, 4.69) is 0 Å². The molecular weight excluding hydrogens is 240 g/mol. The molecule has 0 aromatic heterocycles. The van der Waals surface area contributed by atoms with Crippen molar-refractivity contribution in [1.82, 2.24) is 0 Å². The molecule has 0 saturated carbocycles. The van der Waals surface area contributed by atoms with Gasteiger partial charge < -0.3 is 9.84 Å². The van der Waals surface area contributed by atoms with Gasteiger partial charge >= 0.3 is 0 Å². The molecule has 0 aliphatic carbocycles. The molecule has 2 fully saturated rings. The molecule has 0 radical (unpaired) electrons. The van der Waals surface area contributed by atoms with Gasteiger partial charge in [-0.05, 0) is 17.7 Å². The lowest BCUT2D eigenvalue weighted by Gasteiger charge is -2.28. The van der Waals surface area contributed by atoms with Crippen molar-refractivity contribution >= 4 is 10.6 Å². The third-order valence-corrected chi connectivity index (χ3v) is 5.38. The number of benzene rings is 1. The number of hydrogen-bond donors (Lipinski definition) is 1. The van der Waals surface area contributed by atoms with Gasteiger partial charge in [0, 0.05) is 24.3 Å². The van der Waals surface area contributed by atoms with E-state index < -0.39 is 10.6 Å². The van der Waals surface area contributed by atoms with E-state index in [0.717, 1.165) is 35.7 Å². The molecule has 3 rings (SSSR count). The number of rotatable bonds is 3. The molecule has 2 aliphatic heterocycles. The topological polar surface area (TPSA) is 54.5 Å². The molecule has 1 spiro atoms. The molecule has 0 atom stereocenters. The van der Waals surface area contributed by atoms with Crippen molar-refractivity contribution in [2.75, 3.05) is 11.5 Å². The maximum Gasteiger partial charge on any atom is 0.120 e. The summed E-state index contributed by atoms with van der Waals surface area (Å²) in [5.41, 5.74) is 0.884. The monoisotopic (exact) mass is 256 g/mol. The second kappa shape index (κ2) is 4.49. The molecule has 1 N–H and O–H groups in total. The van der Waals surface area contributed by atoms with Crippen LogP contribution in [0.2, 0.25) is 0 Å². The molecule has 5 heteroatoms. The highest BCUT2D eigenvalue weighted by Gasteiger charge is 2.42. The Morgan fingerprint density at radius 3 is 2.71 bits per heavy atom. The van der Waals surface area contributed by atoms with Crippen LogP contribution in [0.1, 0.15) is 18.4 Å². The lowest BCUT2D eigenvalue weighted by molar-refractivity contribution is 0.0850. The number of ether oxygens (including phenoxy) is 1. The van der Waals surface area contributed by atoms with Gasteiger partial charge in [-0.25, -0.2) is 0 Å². The highest BCUT2D eigenvalue weighted by atomic mass is 32.3. The molecule has 1 aromatic carbocycles. The van der Waals surface area contributed by atoms with E-state index in [-0.39, 0.29) is 12.7 Å². The summed E-state index contributed by atoms with van der Waals surface area (Å²) < 4.78 is 16.0. The van der Waals surface area contributed by atoms with Crippen LogP contribution in [0, 0.1) is 0 Å². The zero-order chi connectivity index (χ0) is 11.7.